The fourth-order valence-corrected chi connectivity index (χ4v) is 0.981. The summed E-state index contributed by atoms with van der Waals surface area (Å²) in [6, 6.07) is 4.76. The first-order valence-corrected chi connectivity index (χ1v) is 4.26. The Morgan fingerprint density at radius 2 is 2.07 bits per heavy atom. The van der Waals surface area contributed by atoms with E-state index < -0.39 is 5.97 Å². The summed E-state index contributed by atoms with van der Waals surface area (Å²) in [5.41, 5.74) is 6.56. The highest BCUT2D eigenvalue weighted by Gasteiger charge is 1.94. The topological polar surface area (TPSA) is 83.6 Å². The van der Waals surface area contributed by atoms with Gasteiger partial charge in [0, 0.05) is 6.08 Å². The second kappa shape index (κ2) is 4.85. The van der Waals surface area contributed by atoms with Crippen LogP contribution in [0.1, 0.15) is 5.56 Å². The fourth-order valence-electron chi connectivity index (χ4n) is 0.981. The van der Waals surface area contributed by atoms with Crippen LogP contribution in [0.15, 0.2) is 36.4 Å². The van der Waals surface area contributed by atoms with Crippen LogP contribution in [-0.4, -0.2) is 16.2 Å². The fraction of sp³-hybridized carbons (Fsp3) is 0. The maximum Gasteiger partial charge on any atom is 0.328 e. The molecule has 0 aliphatic carbocycles. The molecule has 4 N–H and O–H groups in total. The van der Waals surface area contributed by atoms with Crippen molar-refractivity contribution in [3.05, 3.63) is 42.0 Å². The zero-order chi connectivity index (χ0) is 11.3. The number of allylic oxidation sites excluding steroid dienone is 2. The zero-order valence-electron chi connectivity index (χ0n) is 7.92. The van der Waals surface area contributed by atoms with Gasteiger partial charge in [0.25, 0.3) is 0 Å². The molecule has 0 amide bonds. The summed E-state index contributed by atoms with van der Waals surface area (Å²) in [7, 11) is 0. The van der Waals surface area contributed by atoms with Crippen LogP contribution in [0.4, 0.5) is 5.69 Å². The van der Waals surface area contributed by atoms with Crippen molar-refractivity contribution in [3.8, 4) is 5.75 Å². The number of aromatic hydroxyl groups is 1. The number of carboxylic acid groups (broad SMARTS) is 1. The molecule has 4 heteroatoms. The normalized spacial score (nSPS) is 11.2. The lowest BCUT2D eigenvalue weighted by Crippen LogP contribution is -1.86. The molecule has 0 heterocycles. The summed E-state index contributed by atoms with van der Waals surface area (Å²) in [6.45, 7) is 0. The third-order valence-electron chi connectivity index (χ3n) is 1.69. The first-order chi connectivity index (χ1) is 7.09. The number of anilines is 1. The molecule has 0 aliphatic rings. The molecule has 0 fully saturated rings. The molecular weight excluding hydrogens is 195 g/mol. The van der Waals surface area contributed by atoms with Crippen molar-refractivity contribution in [3.63, 3.8) is 0 Å². The van der Waals surface area contributed by atoms with Gasteiger partial charge in [-0.15, -0.1) is 0 Å². The Labute approximate surface area is 87.0 Å². The van der Waals surface area contributed by atoms with Crippen molar-refractivity contribution >= 4 is 17.7 Å². The van der Waals surface area contributed by atoms with E-state index >= 15 is 0 Å². The van der Waals surface area contributed by atoms with Crippen molar-refractivity contribution in [1.29, 1.82) is 0 Å². The van der Waals surface area contributed by atoms with E-state index in [4.69, 9.17) is 15.9 Å². The molecule has 0 saturated carbocycles. The van der Waals surface area contributed by atoms with Gasteiger partial charge in [-0.25, -0.2) is 4.79 Å². The van der Waals surface area contributed by atoms with Gasteiger partial charge in [-0.05, 0) is 17.7 Å². The first-order valence-electron chi connectivity index (χ1n) is 4.26. The summed E-state index contributed by atoms with van der Waals surface area (Å²) in [5, 5.41) is 17.5. The molecule has 0 radical (unpaired) electrons. The largest absolute Gasteiger partial charge is 0.506 e. The number of phenolic OH excluding ortho intramolecular Hbond substituents is 1. The van der Waals surface area contributed by atoms with E-state index in [9.17, 15) is 4.79 Å². The van der Waals surface area contributed by atoms with Crippen LogP contribution in [-0.2, 0) is 4.79 Å². The summed E-state index contributed by atoms with van der Waals surface area (Å²) >= 11 is 0. The quantitative estimate of drug-likeness (QED) is 0.231. The molecule has 0 bridgehead atoms. The number of hydrogen-bond acceptors (Lipinski definition) is 3. The van der Waals surface area contributed by atoms with Gasteiger partial charge in [-0.2, -0.15) is 0 Å². The van der Waals surface area contributed by atoms with E-state index in [-0.39, 0.29) is 5.75 Å². The summed E-state index contributed by atoms with van der Waals surface area (Å²) < 4.78 is 0. The highest BCUT2D eigenvalue weighted by atomic mass is 16.4. The Bertz CT molecular complexity index is 422. The van der Waals surface area contributed by atoms with Gasteiger partial charge in [0.1, 0.15) is 5.75 Å². The van der Waals surface area contributed by atoms with E-state index in [1.807, 2.05) is 0 Å². The van der Waals surface area contributed by atoms with Gasteiger partial charge >= 0.3 is 5.97 Å². The van der Waals surface area contributed by atoms with Gasteiger partial charge in [-0.3, -0.25) is 0 Å². The van der Waals surface area contributed by atoms with E-state index in [1.165, 1.54) is 12.1 Å². The van der Waals surface area contributed by atoms with Crippen molar-refractivity contribution < 1.29 is 15.0 Å². The van der Waals surface area contributed by atoms with Crippen LogP contribution in [0.2, 0.25) is 0 Å². The van der Waals surface area contributed by atoms with E-state index in [1.54, 1.807) is 24.3 Å². The molecule has 0 unspecified atom stereocenters. The molecule has 1 rings (SSSR count). The number of carboxylic acids is 1. The molecular formula is C11H11NO3. The van der Waals surface area contributed by atoms with Crippen molar-refractivity contribution in [1.82, 2.24) is 0 Å². The van der Waals surface area contributed by atoms with Crippen LogP contribution in [0, 0.1) is 0 Å². The van der Waals surface area contributed by atoms with Gasteiger partial charge in [-0.1, -0.05) is 24.3 Å². The summed E-state index contributed by atoms with van der Waals surface area (Å²) in [6.07, 6.45) is 5.71. The molecule has 0 saturated heterocycles. The average Bonchev–Trinajstić information content (AvgIpc) is 2.18. The number of carbonyl (C=O) groups is 1. The van der Waals surface area contributed by atoms with Crippen LogP contribution in [0.3, 0.4) is 0 Å². The minimum Gasteiger partial charge on any atom is -0.506 e. The third kappa shape index (κ3) is 3.56. The van der Waals surface area contributed by atoms with E-state index in [0.717, 1.165) is 11.6 Å². The molecule has 15 heavy (non-hydrogen) atoms. The van der Waals surface area contributed by atoms with Crippen LogP contribution in [0.5, 0.6) is 5.75 Å². The predicted molar refractivity (Wildman–Crippen MR) is 58.3 cm³/mol. The predicted octanol–water partition coefficient (Wildman–Crippen LogP) is 1.63. The zero-order valence-corrected chi connectivity index (χ0v) is 7.92. The SMILES string of the molecule is Nc1cc(/C=C/C=[13CH]/C(=O)O)ccc1O. The van der Waals surface area contributed by atoms with Gasteiger partial charge in [0.2, 0.25) is 0 Å². The molecule has 1 aromatic carbocycles. The maximum atomic E-state index is 10.1. The number of nitrogens with two attached hydrogens (primary N) is 1. The number of phenols is 1. The molecule has 0 spiro atoms. The molecule has 78 valence electrons. The number of hydrogen-bond donors (Lipinski definition) is 3. The highest BCUT2D eigenvalue weighted by molar-refractivity contribution is 5.80. The van der Waals surface area contributed by atoms with Gasteiger partial charge in [0.05, 0.1) is 5.69 Å². The highest BCUT2D eigenvalue weighted by Crippen LogP contribution is 2.20. The summed E-state index contributed by atoms with van der Waals surface area (Å²) in [4.78, 5) is 10.1. The van der Waals surface area contributed by atoms with Crippen molar-refractivity contribution in [2.75, 3.05) is 5.73 Å². The van der Waals surface area contributed by atoms with Crippen molar-refractivity contribution in [2.24, 2.45) is 0 Å². The van der Waals surface area contributed by atoms with E-state index in [0.29, 0.717) is 5.69 Å². The molecule has 4 nitrogen and oxygen atoms in total. The third-order valence-corrected chi connectivity index (χ3v) is 1.69. The van der Waals surface area contributed by atoms with Gasteiger partial charge in [0.15, 0.2) is 0 Å². The lowest BCUT2D eigenvalue weighted by molar-refractivity contribution is -0.131. The minimum atomic E-state index is -0.995. The number of nitrogen functional groups attached to an aromatic ring is 1. The van der Waals surface area contributed by atoms with Gasteiger partial charge < -0.3 is 15.9 Å². The van der Waals surface area contributed by atoms with Crippen LogP contribution < -0.4 is 5.73 Å². The number of aliphatic carboxylic acids is 1. The Hall–Kier alpha value is -2.23. The Morgan fingerprint density at radius 1 is 1.33 bits per heavy atom. The Morgan fingerprint density at radius 3 is 2.67 bits per heavy atom. The number of rotatable bonds is 3. The monoisotopic (exact) mass is 206 g/mol. The Kier molecular flexibility index (Phi) is 3.51. The Balaban J connectivity index is 2.73. The molecule has 1 aromatic rings. The average molecular weight is 206 g/mol. The first kappa shape index (κ1) is 10.8. The van der Waals surface area contributed by atoms with E-state index in [2.05, 4.69) is 0 Å². The van der Waals surface area contributed by atoms with Crippen LogP contribution >= 0.6 is 0 Å². The molecule has 0 atom stereocenters. The lowest BCUT2D eigenvalue weighted by Gasteiger charge is -1.98. The maximum absolute atomic E-state index is 10.1. The van der Waals surface area contributed by atoms with Crippen LogP contribution in [0.25, 0.3) is 6.08 Å². The minimum absolute atomic E-state index is 0.0354. The molecule has 0 aliphatic heterocycles. The second-order valence-electron chi connectivity index (χ2n) is 2.87. The number of benzene rings is 1. The lowest BCUT2D eigenvalue weighted by atomic mass is 10.2. The summed E-state index contributed by atoms with van der Waals surface area (Å²) in [5.74, 6) is -0.960. The molecule has 0 aromatic heterocycles. The van der Waals surface area contributed by atoms with Crippen molar-refractivity contribution in [2.45, 2.75) is 0 Å². The smallest absolute Gasteiger partial charge is 0.328 e. The standard InChI is InChI=1S/C11H11NO3/c12-9-7-8(5-6-10(9)13)3-1-2-4-11(14)15/h1-7,13H,12H2,(H,14,15)/b3-1+,4-2+/i4+1. The second-order valence-corrected chi connectivity index (χ2v) is 2.87.